The molecule has 19 heavy (non-hydrogen) atoms. The van der Waals surface area contributed by atoms with E-state index in [0.717, 1.165) is 0 Å². The van der Waals surface area contributed by atoms with Gasteiger partial charge in [0.15, 0.2) is 5.41 Å². The molecule has 0 aliphatic heterocycles. The third-order valence-corrected chi connectivity index (χ3v) is 2.94. The molecule has 0 saturated heterocycles. The van der Waals surface area contributed by atoms with E-state index >= 15 is 0 Å². The molecule has 4 heteroatoms. The topological polar surface area (TPSA) is 52.6 Å². The molecule has 0 aliphatic carbocycles. The molecular weight excluding hydrogens is 244 g/mol. The van der Waals surface area contributed by atoms with Crippen molar-refractivity contribution in [2.24, 2.45) is 11.3 Å². The Labute approximate surface area is 115 Å². The monoisotopic (exact) mass is 266 g/mol. The number of rotatable bonds is 7. The van der Waals surface area contributed by atoms with Crippen LogP contribution in [0.1, 0.15) is 34.1 Å². The predicted octanol–water partition coefficient (Wildman–Crippen LogP) is 2.33. The van der Waals surface area contributed by atoms with Crippen molar-refractivity contribution < 1.29 is 19.1 Å². The molecule has 0 amide bonds. The summed E-state index contributed by atoms with van der Waals surface area (Å²) in [7, 11) is 0. The maximum atomic E-state index is 12.2. The van der Waals surface area contributed by atoms with Crippen LogP contribution < -0.4 is 0 Å². The van der Waals surface area contributed by atoms with Crippen molar-refractivity contribution in [1.29, 1.82) is 0 Å². The molecule has 0 saturated carbocycles. The fourth-order valence-electron chi connectivity index (χ4n) is 1.75. The summed E-state index contributed by atoms with van der Waals surface area (Å²) in [6.07, 6.45) is 9.07. The summed E-state index contributed by atoms with van der Waals surface area (Å²) < 4.78 is 10.1. The van der Waals surface area contributed by atoms with Crippen molar-refractivity contribution in [3.63, 3.8) is 0 Å². The zero-order chi connectivity index (χ0) is 14.9. The molecule has 0 N–H and O–H groups in total. The third-order valence-electron chi connectivity index (χ3n) is 2.94. The molecule has 0 heterocycles. The van der Waals surface area contributed by atoms with Crippen LogP contribution in [-0.4, -0.2) is 25.2 Å². The van der Waals surface area contributed by atoms with Gasteiger partial charge >= 0.3 is 11.9 Å². The summed E-state index contributed by atoms with van der Waals surface area (Å²) in [5, 5.41) is 0. The van der Waals surface area contributed by atoms with Crippen LogP contribution in [0.25, 0.3) is 0 Å². The van der Waals surface area contributed by atoms with E-state index in [1.165, 1.54) is 0 Å². The number of terminal acetylenes is 1. The van der Waals surface area contributed by atoms with Crippen molar-refractivity contribution in [2.45, 2.75) is 34.1 Å². The van der Waals surface area contributed by atoms with E-state index in [1.807, 2.05) is 6.92 Å². The average molecular weight is 266 g/mol. The number of hydrogen-bond donors (Lipinski definition) is 0. The van der Waals surface area contributed by atoms with E-state index in [1.54, 1.807) is 32.9 Å². The highest BCUT2D eigenvalue weighted by Crippen LogP contribution is 2.35. The summed E-state index contributed by atoms with van der Waals surface area (Å²) in [6, 6.07) is 0. The summed E-state index contributed by atoms with van der Waals surface area (Å²) in [6.45, 7) is 7.20. The quantitative estimate of drug-likeness (QED) is 0.307. The average Bonchev–Trinajstić information content (AvgIpc) is 2.39. The first-order valence-electron chi connectivity index (χ1n) is 6.42. The molecule has 1 atom stereocenters. The lowest BCUT2D eigenvalue weighted by molar-refractivity contribution is -0.174. The van der Waals surface area contributed by atoms with Gasteiger partial charge < -0.3 is 9.47 Å². The van der Waals surface area contributed by atoms with Gasteiger partial charge in [-0.05, 0) is 34.1 Å². The van der Waals surface area contributed by atoms with Gasteiger partial charge in [-0.1, -0.05) is 12.2 Å². The van der Waals surface area contributed by atoms with Crippen LogP contribution in [0.3, 0.4) is 0 Å². The van der Waals surface area contributed by atoms with E-state index < -0.39 is 23.3 Å². The Morgan fingerprint density at radius 3 is 2.05 bits per heavy atom. The molecule has 0 spiro atoms. The van der Waals surface area contributed by atoms with Gasteiger partial charge in [0.1, 0.15) is 0 Å². The lowest BCUT2D eigenvalue weighted by Gasteiger charge is -2.30. The molecule has 0 aromatic carbocycles. The van der Waals surface area contributed by atoms with Gasteiger partial charge in [-0.15, -0.1) is 12.3 Å². The molecule has 0 bridgehead atoms. The van der Waals surface area contributed by atoms with Crippen LogP contribution in [0.2, 0.25) is 0 Å². The van der Waals surface area contributed by atoms with E-state index in [4.69, 9.17) is 15.9 Å². The Bertz CT molecular complexity index is 358. The van der Waals surface area contributed by atoms with Crippen LogP contribution in [0, 0.1) is 23.7 Å². The highest BCUT2D eigenvalue weighted by atomic mass is 16.6. The predicted molar refractivity (Wildman–Crippen MR) is 73.1 cm³/mol. The third kappa shape index (κ3) is 3.85. The van der Waals surface area contributed by atoms with Crippen molar-refractivity contribution in [1.82, 2.24) is 0 Å². The number of carbonyl (C=O) groups excluding carboxylic acids is 2. The van der Waals surface area contributed by atoms with Crippen molar-refractivity contribution >= 4 is 11.9 Å². The van der Waals surface area contributed by atoms with Gasteiger partial charge in [-0.2, -0.15) is 0 Å². The van der Waals surface area contributed by atoms with Gasteiger partial charge in [0.25, 0.3) is 0 Å². The fourth-order valence-corrected chi connectivity index (χ4v) is 1.75. The SMILES string of the molecule is C#CC(C)C(C/C=C\C)(C(=O)OCC)C(=O)OCC. The summed E-state index contributed by atoms with van der Waals surface area (Å²) in [5.74, 6) is 0.593. The second-order valence-electron chi connectivity index (χ2n) is 4.07. The zero-order valence-electron chi connectivity index (χ0n) is 12.1. The molecule has 106 valence electrons. The number of ether oxygens (including phenoxy) is 2. The van der Waals surface area contributed by atoms with E-state index in [0.29, 0.717) is 0 Å². The van der Waals surface area contributed by atoms with Crippen LogP contribution in [0.5, 0.6) is 0 Å². The number of carbonyl (C=O) groups is 2. The van der Waals surface area contributed by atoms with Gasteiger partial charge in [0.2, 0.25) is 0 Å². The first-order valence-corrected chi connectivity index (χ1v) is 6.42. The largest absolute Gasteiger partial charge is 0.465 e. The van der Waals surface area contributed by atoms with Crippen molar-refractivity contribution in [3.05, 3.63) is 12.2 Å². The molecule has 0 aromatic rings. The second-order valence-corrected chi connectivity index (χ2v) is 4.07. The molecule has 0 fully saturated rings. The summed E-state index contributed by atoms with van der Waals surface area (Å²) in [5.41, 5.74) is -1.46. The first kappa shape index (κ1) is 17.2. The van der Waals surface area contributed by atoms with Crippen LogP contribution in [0.15, 0.2) is 12.2 Å². The minimum Gasteiger partial charge on any atom is -0.465 e. The zero-order valence-corrected chi connectivity index (χ0v) is 12.1. The van der Waals surface area contributed by atoms with E-state index in [-0.39, 0.29) is 19.6 Å². The second kappa shape index (κ2) is 8.36. The minimum atomic E-state index is -1.46. The Morgan fingerprint density at radius 2 is 1.74 bits per heavy atom. The first-order chi connectivity index (χ1) is 9.00. The number of allylic oxidation sites excluding steroid dienone is 2. The Morgan fingerprint density at radius 1 is 1.26 bits per heavy atom. The lowest BCUT2D eigenvalue weighted by atomic mass is 9.73. The number of hydrogen-bond acceptors (Lipinski definition) is 4. The van der Waals surface area contributed by atoms with Crippen LogP contribution in [0.4, 0.5) is 0 Å². The summed E-state index contributed by atoms with van der Waals surface area (Å²) >= 11 is 0. The maximum absolute atomic E-state index is 12.2. The standard InChI is InChI=1S/C15H22O4/c1-6-10-11-15(12(5)7-2,13(16)18-8-3)14(17)19-9-4/h2,6,10,12H,8-9,11H2,1,3-5H3/b10-6-. The van der Waals surface area contributed by atoms with Gasteiger partial charge in [0, 0.05) is 5.92 Å². The molecule has 0 aromatic heterocycles. The van der Waals surface area contributed by atoms with E-state index in [9.17, 15) is 9.59 Å². The van der Waals surface area contributed by atoms with Gasteiger partial charge in [0.05, 0.1) is 13.2 Å². The number of esters is 2. The van der Waals surface area contributed by atoms with Crippen LogP contribution >= 0.6 is 0 Å². The van der Waals surface area contributed by atoms with Crippen molar-refractivity contribution in [2.75, 3.05) is 13.2 Å². The Hall–Kier alpha value is -1.76. The van der Waals surface area contributed by atoms with Gasteiger partial charge in [-0.3, -0.25) is 9.59 Å². The molecule has 4 nitrogen and oxygen atoms in total. The smallest absolute Gasteiger partial charge is 0.325 e. The molecule has 0 rings (SSSR count). The Balaban J connectivity index is 5.64. The van der Waals surface area contributed by atoms with E-state index in [2.05, 4.69) is 5.92 Å². The van der Waals surface area contributed by atoms with Gasteiger partial charge in [-0.25, -0.2) is 0 Å². The molecule has 0 aliphatic rings. The highest BCUT2D eigenvalue weighted by molar-refractivity contribution is 6.01. The van der Waals surface area contributed by atoms with Crippen molar-refractivity contribution in [3.8, 4) is 12.3 Å². The summed E-state index contributed by atoms with van der Waals surface area (Å²) in [4.78, 5) is 24.5. The molecule has 0 radical (unpaired) electrons. The Kier molecular flexibility index (Phi) is 7.59. The maximum Gasteiger partial charge on any atom is 0.325 e. The molecule has 1 unspecified atom stereocenters. The highest BCUT2D eigenvalue weighted by Gasteiger charge is 2.52. The molecular formula is C15H22O4. The minimum absolute atomic E-state index is 0.173. The lowest BCUT2D eigenvalue weighted by Crippen LogP contribution is -2.46. The normalized spacial score (nSPS) is 12.8. The van der Waals surface area contributed by atoms with Crippen LogP contribution in [-0.2, 0) is 19.1 Å². The fraction of sp³-hybridized carbons (Fsp3) is 0.600.